The second-order valence-corrected chi connectivity index (χ2v) is 6.20. The summed E-state index contributed by atoms with van der Waals surface area (Å²) in [7, 11) is 1.80. The molecule has 5 nitrogen and oxygen atoms in total. The number of aromatic nitrogens is 1. The van der Waals surface area contributed by atoms with Crippen LogP contribution >= 0.6 is 0 Å². The Morgan fingerprint density at radius 3 is 2.96 bits per heavy atom. The van der Waals surface area contributed by atoms with Crippen molar-refractivity contribution in [3.05, 3.63) is 36.0 Å². The number of nitrogens with one attached hydrogen (secondary N) is 1. The Labute approximate surface area is 136 Å². The molecule has 5 heteroatoms. The molecule has 1 fully saturated rings. The molecule has 0 atom stereocenters. The molecule has 1 aromatic carbocycles. The van der Waals surface area contributed by atoms with E-state index < -0.39 is 0 Å². The zero-order valence-corrected chi connectivity index (χ0v) is 13.5. The molecule has 2 amide bonds. The van der Waals surface area contributed by atoms with E-state index in [4.69, 9.17) is 0 Å². The maximum absolute atomic E-state index is 12.3. The third kappa shape index (κ3) is 3.55. The Bertz CT molecular complexity index is 707. The van der Waals surface area contributed by atoms with Gasteiger partial charge in [-0.2, -0.15) is 0 Å². The Morgan fingerprint density at radius 1 is 1.26 bits per heavy atom. The average Bonchev–Trinajstić information content (AvgIpc) is 2.88. The molecule has 0 radical (unpaired) electrons. The van der Waals surface area contributed by atoms with Gasteiger partial charge in [-0.15, -0.1) is 0 Å². The zero-order valence-electron chi connectivity index (χ0n) is 13.5. The lowest BCUT2D eigenvalue weighted by molar-refractivity contribution is -0.138. The van der Waals surface area contributed by atoms with E-state index >= 15 is 0 Å². The van der Waals surface area contributed by atoms with Gasteiger partial charge in [0.25, 0.3) is 0 Å². The summed E-state index contributed by atoms with van der Waals surface area (Å²) in [4.78, 5) is 30.9. The number of aromatic amines is 1. The standard InChI is InChI=1S/C18H23N3O2/c1-20-10-5-11-21(13-18(20)23)17(22)9-4-6-14-12-19-16-8-3-2-7-15(14)16/h2-3,7-8,12,19H,4-6,9-11,13H2,1H3. The molecule has 1 aromatic heterocycles. The van der Waals surface area contributed by atoms with Gasteiger partial charge in [0.15, 0.2) is 0 Å². The Balaban J connectivity index is 1.54. The highest BCUT2D eigenvalue weighted by Crippen LogP contribution is 2.19. The van der Waals surface area contributed by atoms with Gasteiger partial charge in [-0.3, -0.25) is 9.59 Å². The molecule has 2 heterocycles. The van der Waals surface area contributed by atoms with Crippen molar-refractivity contribution < 1.29 is 9.59 Å². The summed E-state index contributed by atoms with van der Waals surface area (Å²) in [5.41, 5.74) is 2.38. The van der Waals surface area contributed by atoms with Crippen LogP contribution in [-0.2, 0) is 16.0 Å². The number of aryl methyl sites for hydroxylation is 1. The summed E-state index contributed by atoms with van der Waals surface area (Å²) in [5.74, 6) is 0.126. The zero-order chi connectivity index (χ0) is 16.2. The number of nitrogens with zero attached hydrogens (tertiary/aromatic N) is 2. The predicted molar refractivity (Wildman–Crippen MR) is 90.1 cm³/mol. The maximum Gasteiger partial charge on any atom is 0.241 e. The highest BCUT2D eigenvalue weighted by Gasteiger charge is 2.22. The van der Waals surface area contributed by atoms with Crippen LogP contribution in [0.4, 0.5) is 0 Å². The number of hydrogen-bond donors (Lipinski definition) is 1. The molecule has 0 bridgehead atoms. The molecule has 0 spiro atoms. The second-order valence-electron chi connectivity index (χ2n) is 6.20. The van der Waals surface area contributed by atoms with Gasteiger partial charge in [0.2, 0.25) is 11.8 Å². The van der Waals surface area contributed by atoms with Gasteiger partial charge in [0, 0.05) is 43.7 Å². The quantitative estimate of drug-likeness (QED) is 0.940. The van der Waals surface area contributed by atoms with E-state index in [1.165, 1.54) is 10.9 Å². The number of para-hydroxylation sites is 1. The van der Waals surface area contributed by atoms with Crippen LogP contribution in [0.15, 0.2) is 30.5 Å². The third-order valence-corrected chi connectivity index (χ3v) is 4.54. The van der Waals surface area contributed by atoms with E-state index in [1.807, 2.05) is 18.3 Å². The normalized spacial score (nSPS) is 16.0. The van der Waals surface area contributed by atoms with Gasteiger partial charge in [0.1, 0.15) is 0 Å². The highest BCUT2D eigenvalue weighted by atomic mass is 16.2. The molecular weight excluding hydrogens is 290 g/mol. The van der Waals surface area contributed by atoms with E-state index in [1.54, 1.807) is 16.8 Å². The summed E-state index contributed by atoms with van der Waals surface area (Å²) in [6.45, 7) is 1.64. The third-order valence-electron chi connectivity index (χ3n) is 4.54. The molecule has 122 valence electrons. The fourth-order valence-corrected chi connectivity index (χ4v) is 3.13. The topological polar surface area (TPSA) is 56.4 Å². The lowest BCUT2D eigenvalue weighted by Crippen LogP contribution is -2.37. The number of hydrogen-bond acceptors (Lipinski definition) is 2. The molecule has 0 saturated carbocycles. The van der Waals surface area contributed by atoms with Gasteiger partial charge in [-0.25, -0.2) is 0 Å². The van der Waals surface area contributed by atoms with Gasteiger partial charge >= 0.3 is 0 Å². The van der Waals surface area contributed by atoms with Crippen LogP contribution in [0.1, 0.15) is 24.8 Å². The second kappa shape index (κ2) is 6.86. The first-order valence-corrected chi connectivity index (χ1v) is 8.22. The molecule has 1 aliphatic heterocycles. The lowest BCUT2D eigenvalue weighted by atomic mass is 10.1. The molecule has 1 N–H and O–H groups in total. The molecule has 23 heavy (non-hydrogen) atoms. The van der Waals surface area contributed by atoms with Crippen molar-refractivity contribution in [2.45, 2.75) is 25.7 Å². The molecule has 2 aromatic rings. The van der Waals surface area contributed by atoms with Crippen LogP contribution in [0.2, 0.25) is 0 Å². The number of rotatable bonds is 4. The number of benzene rings is 1. The molecule has 1 saturated heterocycles. The van der Waals surface area contributed by atoms with Crippen LogP contribution in [0, 0.1) is 0 Å². The van der Waals surface area contributed by atoms with E-state index in [9.17, 15) is 9.59 Å². The van der Waals surface area contributed by atoms with Crippen molar-refractivity contribution >= 4 is 22.7 Å². The fourth-order valence-electron chi connectivity index (χ4n) is 3.13. The molecule has 3 rings (SSSR count). The van der Waals surface area contributed by atoms with E-state index in [-0.39, 0.29) is 18.4 Å². The Kier molecular flexibility index (Phi) is 4.65. The summed E-state index contributed by atoms with van der Waals surface area (Å²) in [5, 5.41) is 1.23. The average molecular weight is 313 g/mol. The number of H-pyrrole nitrogens is 1. The van der Waals surface area contributed by atoms with Crippen molar-refractivity contribution in [1.29, 1.82) is 0 Å². The Morgan fingerprint density at radius 2 is 2.09 bits per heavy atom. The van der Waals surface area contributed by atoms with Crippen molar-refractivity contribution in [3.63, 3.8) is 0 Å². The van der Waals surface area contributed by atoms with Crippen LogP contribution in [0.3, 0.4) is 0 Å². The van der Waals surface area contributed by atoms with Crippen LogP contribution in [-0.4, -0.2) is 53.3 Å². The molecule has 0 aliphatic carbocycles. The molecule has 0 unspecified atom stereocenters. The van der Waals surface area contributed by atoms with E-state index in [0.717, 1.165) is 31.3 Å². The minimum Gasteiger partial charge on any atom is -0.361 e. The van der Waals surface area contributed by atoms with E-state index in [0.29, 0.717) is 13.0 Å². The van der Waals surface area contributed by atoms with Crippen molar-refractivity contribution in [3.8, 4) is 0 Å². The highest BCUT2D eigenvalue weighted by molar-refractivity contribution is 5.85. The number of likely N-dealkylation sites (N-methyl/N-ethyl adjacent to an activating group) is 1. The van der Waals surface area contributed by atoms with Gasteiger partial charge in [-0.05, 0) is 30.9 Å². The fraction of sp³-hybridized carbons (Fsp3) is 0.444. The van der Waals surface area contributed by atoms with E-state index in [2.05, 4.69) is 17.1 Å². The lowest BCUT2D eigenvalue weighted by Gasteiger charge is -2.19. The summed E-state index contributed by atoms with van der Waals surface area (Å²) >= 11 is 0. The Hall–Kier alpha value is -2.30. The smallest absolute Gasteiger partial charge is 0.241 e. The van der Waals surface area contributed by atoms with Gasteiger partial charge < -0.3 is 14.8 Å². The molecule has 1 aliphatic rings. The van der Waals surface area contributed by atoms with Gasteiger partial charge in [-0.1, -0.05) is 18.2 Å². The monoisotopic (exact) mass is 313 g/mol. The summed E-state index contributed by atoms with van der Waals surface area (Å²) < 4.78 is 0. The van der Waals surface area contributed by atoms with Crippen molar-refractivity contribution in [2.24, 2.45) is 0 Å². The minimum absolute atomic E-state index is 0.0347. The van der Waals surface area contributed by atoms with Crippen molar-refractivity contribution in [2.75, 3.05) is 26.7 Å². The SMILES string of the molecule is CN1CCCN(C(=O)CCCc2c[nH]c3ccccc23)CC1=O. The van der Waals surface area contributed by atoms with Gasteiger partial charge in [0.05, 0.1) is 6.54 Å². The minimum atomic E-state index is 0.0347. The molecular formula is C18H23N3O2. The van der Waals surface area contributed by atoms with Crippen LogP contribution < -0.4 is 0 Å². The van der Waals surface area contributed by atoms with Crippen LogP contribution in [0.5, 0.6) is 0 Å². The maximum atomic E-state index is 12.3. The largest absolute Gasteiger partial charge is 0.361 e. The summed E-state index contributed by atoms with van der Waals surface area (Å²) in [6.07, 6.45) is 5.06. The number of carbonyl (C=O) groups excluding carboxylic acids is 2. The first kappa shape index (κ1) is 15.6. The number of carbonyl (C=O) groups is 2. The van der Waals surface area contributed by atoms with Crippen molar-refractivity contribution in [1.82, 2.24) is 14.8 Å². The predicted octanol–water partition coefficient (Wildman–Crippen LogP) is 2.18. The van der Waals surface area contributed by atoms with Crippen LogP contribution in [0.25, 0.3) is 10.9 Å². The summed E-state index contributed by atoms with van der Waals surface area (Å²) in [6, 6.07) is 8.21. The first-order valence-electron chi connectivity index (χ1n) is 8.22. The number of fused-ring (bicyclic) bond motifs is 1. The first-order chi connectivity index (χ1) is 11.1. The number of amides is 2.